The summed E-state index contributed by atoms with van der Waals surface area (Å²) in [4.78, 5) is 15.1. The van der Waals surface area contributed by atoms with Crippen molar-refractivity contribution < 1.29 is 0 Å². The molecule has 1 fully saturated rings. The van der Waals surface area contributed by atoms with Gasteiger partial charge in [0.1, 0.15) is 5.52 Å². The van der Waals surface area contributed by atoms with Crippen LogP contribution in [0.3, 0.4) is 0 Å². The third-order valence-corrected chi connectivity index (χ3v) is 4.94. The number of aromatic nitrogens is 3. The molecule has 0 amide bonds. The molecule has 26 heavy (non-hydrogen) atoms. The first-order valence-corrected chi connectivity index (χ1v) is 9.20. The maximum Gasteiger partial charge on any atom is 0.107 e. The monoisotopic (exact) mass is 388 g/mol. The summed E-state index contributed by atoms with van der Waals surface area (Å²) >= 11 is 12.8. The molecule has 0 radical (unpaired) electrons. The van der Waals surface area contributed by atoms with E-state index in [2.05, 4.69) is 30.5 Å². The predicted molar refractivity (Wildman–Crippen MR) is 106 cm³/mol. The van der Waals surface area contributed by atoms with Gasteiger partial charge < -0.3 is 15.5 Å². The van der Waals surface area contributed by atoms with Crippen molar-refractivity contribution in [1.29, 1.82) is 0 Å². The van der Waals surface area contributed by atoms with E-state index in [1.54, 1.807) is 18.6 Å². The van der Waals surface area contributed by atoms with Gasteiger partial charge in [-0.3, -0.25) is 15.0 Å². The van der Waals surface area contributed by atoms with Gasteiger partial charge in [0.2, 0.25) is 0 Å². The van der Waals surface area contributed by atoms with E-state index in [1.165, 1.54) is 0 Å². The molecule has 0 unspecified atom stereocenters. The second-order valence-corrected chi connectivity index (χ2v) is 6.92. The quantitative estimate of drug-likeness (QED) is 0.714. The molecule has 3 aromatic rings. The van der Waals surface area contributed by atoms with E-state index in [0.717, 1.165) is 48.6 Å². The van der Waals surface area contributed by atoms with Gasteiger partial charge in [0.15, 0.2) is 0 Å². The van der Waals surface area contributed by atoms with Crippen molar-refractivity contribution in [3.05, 3.63) is 52.5 Å². The average molecular weight is 389 g/mol. The minimum absolute atomic E-state index is 0.591. The lowest BCUT2D eigenvalue weighted by atomic mass is 10.2. The highest BCUT2D eigenvalue weighted by Gasteiger charge is 2.18. The van der Waals surface area contributed by atoms with Crippen molar-refractivity contribution >= 4 is 45.6 Å². The van der Waals surface area contributed by atoms with Crippen LogP contribution in [0.4, 0.5) is 11.4 Å². The number of hydrogen-bond acceptors (Lipinski definition) is 6. The largest absolute Gasteiger partial charge is 0.378 e. The lowest BCUT2D eigenvalue weighted by molar-refractivity contribution is 0.589. The Morgan fingerprint density at radius 3 is 2.69 bits per heavy atom. The summed E-state index contributed by atoms with van der Waals surface area (Å²) in [7, 11) is 0. The number of halogens is 2. The van der Waals surface area contributed by atoms with Crippen molar-refractivity contribution in [3.63, 3.8) is 0 Å². The molecule has 0 spiro atoms. The molecule has 0 atom stereocenters. The molecule has 2 N–H and O–H groups in total. The Balaban J connectivity index is 1.59. The van der Waals surface area contributed by atoms with Crippen LogP contribution in [0.5, 0.6) is 0 Å². The molecular formula is C18H18Cl2N6. The second-order valence-electron chi connectivity index (χ2n) is 6.11. The average Bonchev–Trinajstić information content (AvgIpc) is 2.67. The summed E-state index contributed by atoms with van der Waals surface area (Å²) in [6.45, 7) is 4.30. The van der Waals surface area contributed by atoms with Crippen LogP contribution >= 0.6 is 23.2 Å². The summed E-state index contributed by atoms with van der Waals surface area (Å²) in [6, 6.07) is 3.90. The number of pyridine rings is 1. The Bertz CT molecular complexity index is 927. The molecule has 0 aliphatic carbocycles. The van der Waals surface area contributed by atoms with Crippen LogP contribution in [0.2, 0.25) is 10.0 Å². The maximum atomic E-state index is 6.44. The molecule has 1 saturated heterocycles. The molecule has 6 nitrogen and oxygen atoms in total. The molecule has 2 aromatic heterocycles. The highest BCUT2D eigenvalue weighted by molar-refractivity contribution is 6.35. The first-order chi connectivity index (χ1) is 12.7. The van der Waals surface area contributed by atoms with Crippen LogP contribution in [0, 0.1) is 0 Å². The number of rotatable bonds is 4. The molecule has 1 aromatic carbocycles. The van der Waals surface area contributed by atoms with Gasteiger partial charge in [0.25, 0.3) is 0 Å². The molecular weight excluding hydrogens is 371 g/mol. The number of nitrogens with zero attached hydrogens (tertiary/aromatic N) is 4. The predicted octanol–water partition coefficient (Wildman–Crippen LogP) is 3.35. The van der Waals surface area contributed by atoms with E-state index in [-0.39, 0.29) is 0 Å². The Morgan fingerprint density at radius 2 is 1.85 bits per heavy atom. The third kappa shape index (κ3) is 3.53. The fraction of sp³-hybridized carbons (Fsp3) is 0.278. The Kier molecular flexibility index (Phi) is 5.06. The lowest BCUT2D eigenvalue weighted by Crippen LogP contribution is -2.43. The zero-order chi connectivity index (χ0) is 17.9. The van der Waals surface area contributed by atoms with Crippen molar-refractivity contribution in [3.8, 4) is 0 Å². The Hall–Kier alpha value is -2.15. The number of nitrogens with one attached hydrogen (secondary N) is 2. The molecule has 4 rings (SSSR count). The Morgan fingerprint density at radius 1 is 1.04 bits per heavy atom. The second kappa shape index (κ2) is 7.61. The first-order valence-electron chi connectivity index (χ1n) is 8.44. The van der Waals surface area contributed by atoms with Crippen molar-refractivity contribution in [2.75, 3.05) is 36.4 Å². The summed E-state index contributed by atoms with van der Waals surface area (Å²) in [5.41, 5.74) is 4.42. The lowest BCUT2D eigenvalue weighted by Gasteiger charge is -2.31. The van der Waals surface area contributed by atoms with Crippen LogP contribution in [0.1, 0.15) is 5.56 Å². The zero-order valence-electron chi connectivity index (χ0n) is 14.0. The number of fused-ring (bicyclic) bond motifs is 1. The number of hydrogen-bond donors (Lipinski definition) is 2. The van der Waals surface area contributed by atoms with Crippen molar-refractivity contribution in [2.24, 2.45) is 0 Å². The number of benzene rings is 1. The normalized spacial score (nSPS) is 14.6. The zero-order valence-corrected chi connectivity index (χ0v) is 15.6. The summed E-state index contributed by atoms with van der Waals surface area (Å²) in [5.74, 6) is 0. The van der Waals surface area contributed by atoms with Gasteiger partial charge in [-0.1, -0.05) is 23.2 Å². The molecule has 1 aliphatic rings. The standard InChI is InChI=1S/C18H18Cl2N6/c19-13-7-12(8-15-17(13)24-2-1-23-15)9-25-16-11-22-10-14(20)18(16)26-5-3-21-4-6-26/h1-2,7-8,10-11,21,25H,3-6,9H2. The fourth-order valence-corrected chi connectivity index (χ4v) is 3.72. The van der Waals surface area contributed by atoms with Gasteiger partial charge in [-0.25, -0.2) is 0 Å². The molecule has 3 heterocycles. The van der Waals surface area contributed by atoms with E-state index in [0.29, 0.717) is 22.1 Å². The van der Waals surface area contributed by atoms with Crippen LogP contribution in [0.15, 0.2) is 36.9 Å². The SMILES string of the molecule is Clc1cncc(NCc2cc(Cl)c3nccnc3c2)c1N1CCNCC1. The summed E-state index contributed by atoms with van der Waals surface area (Å²) in [5, 5.41) is 8.05. The van der Waals surface area contributed by atoms with Crippen molar-refractivity contribution in [1.82, 2.24) is 20.3 Å². The van der Waals surface area contributed by atoms with E-state index in [4.69, 9.17) is 23.2 Å². The third-order valence-electron chi connectivity index (χ3n) is 4.38. The highest BCUT2D eigenvalue weighted by Crippen LogP contribution is 2.33. The van der Waals surface area contributed by atoms with E-state index < -0.39 is 0 Å². The van der Waals surface area contributed by atoms with Crippen LogP contribution in [-0.2, 0) is 6.54 Å². The molecule has 0 saturated carbocycles. The van der Waals surface area contributed by atoms with Crippen LogP contribution in [-0.4, -0.2) is 41.1 Å². The maximum absolute atomic E-state index is 6.44. The van der Waals surface area contributed by atoms with Gasteiger partial charge in [-0.05, 0) is 17.7 Å². The van der Waals surface area contributed by atoms with Gasteiger partial charge in [-0.2, -0.15) is 0 Å². The molecule has 0 bridgehead atoms. The van der Waals surface area contributed by atoms with Crippen molar-refractivity contribution in [2.45, 2.75) is 6.54 Å². The van der Waals surface area contributed by atoms with Gasteiger partial charge >= 0.3 is 0 Å². The molecule has 8 heteroatoms. The topological polar surface area (TPSA) is 66.0 Å². The van der Waals surface area contributed by atoms with E-state index in [1.807, 2.05) is 18.3 Å². The highest BCUT2D eigenvalue weighted by atomic mass is 35.5. The van der Waals surface area contributed by atoms with E-state index >= 15 is 0 Å². The number of anilines is 2. The summed E-state index contributed by atoms with van der Waals surface area (Å²) in [6.07, 6.45) is 6.81. The minimum atomic E-state index is 0.591. The van der Waals surface area contributed by atoms with Crippen LogP contribution in [0.25, 0.3) is 11.0 Å². The smallest absolute Gasteiger partial charge is 0.107 e. The van der Waals surface area contributed by atoms with Gasteiger partial charge in [0, 0.05) is 51.3 Å². The Labute approximate surface area is 161 Å². The van der Waals surface area contributed by atoms with Gasteiger partial charge in [-0.15, -0.1) is 0 Å². The molecule has 134 valence electrons. The van der Waals surface area contributed by atoms with Gasteiger partial charge in [0.05, 0.1) is 33.1 Å². The fourth-order valence-electron chi connectivity index (χ4n) is 3.15. The molecule has 1 aliphatic heterocycles. The minimum Gasteiger partial charge on any atom is -0.378 e. The van der Waals surface area contributed by atoms with E-state index in [9.17, 15) is 0 Å². The first kappa shape index (κ1) is 17.3. The number of piperazine rings is 1. The van der Waals surface area contributed by atoms with Crippen LogP contribution < -0.4 is 15.5 Å². The summed E-state index contributed by atoms with van der Waals surface area (Å²) < 4.78 is 0.